The van der Waals surface area contributed by atoms with Gasteiger partial charge in [-0.25, -0.2) is 0 Å². The van der Waals surface area contributed by atoms with Gasteiger partial charge in [-0.05, 0) is 97.1 Å². The SMILES string of the molecule is c1ccc(-n2c3ccccc3c3cc(N(c4ccc5ncccc5c4)c4ccc5c(c4)c4ccccc4n5-c4ccccc4)ccc32)cc1. The van der Waals surface area contributed by atoms with Crippen molar-refractivity contribution in [2.75, 3.05) is 4.90 Å². The smallest absolute Gasteiger partial charge is 0.0703 e. The number of hydrogen-bond acceptors (Lipinski definition) is 2. The van der Waals surface area contributed by atoms with Gasteiger partial charge < -0.3 is 14.0 Å². The highest BCUT2D eigenvalue weighted by atomic mass is 15.1. The van der Waals surface area contributed by atoms with Gasteiger partial charge in [-0.15, -0.1) is 0 Å². The van der Waals surface area contributed by atoms with Crippen molar-refractivity contribution in [3.63, 3.8) is 0 Å². The molecule has 0 saturated carbocycles. The minimum Gasteiger partial charge on any atom is -0.310 e. The summed E-state index contributed by atoms with van der Waals surface area (Å²) in [5, 5.41) is 5.99. The van der Waals surface area contributed by atoms with E-state index in [1.807, 2.05) is 12.3 Å². The molecule has 4 nitrogen and oxygen atoms in total. The van der Waals surface area contributed by atoms with Gasteiger partial charge in [0.05, 0.1) is 27.6 Å². The number of rotatable bonds is 5. The van der Waals surface area contributed by atoms with Crippen LogP contribution >= 0.6 is 0 Å². The third-order valence-electron chi connectivity index (χ3n) is 9.70. The summed E-state index contributed by atoms with van der Waals surface area (Å²) in [5.74, 6) is 0. The van der Waals surface area contributed by atoms with Crippen LogP contribution in [-0.2, 0) is 0 Å². The first-order chi connectivity index (χ1) is 24.3. The minimum absolute atomic E-state index is 0.981. The fraction of sp³-hybridized carbons (Fsp3) is 0. The average molecular weight is 627 g/mol. The summed E-state index contributed by atoms with van der Waals surface area (Å²) >= 11 is 0. The second kappa shape index (κ2) is 11.0. The zero-order chi connectivity index (χ0) is 32.3. The number of pyridine rings is 1. The topological polar surface area (TPSA) is 26.0 Å². The number of fused-ring (bicyclic) bond motifs is 7. The van der Waals surface area contributed by atoms with E-state index < -0.39 is 0 Å². The molecule has 0 saturated heterocycles. The fourth-order valence-corrected chi connectivity index (χ4v) is 7.56. The molecule has 3 heterocycles. The average Bonchev–Trinajstić information content (AvgIpc) is 3.68. The van der Waals surface area contributed by atoms with Gasteiger partial charge in [-0.1, -0.05) is 78.9 Å². The van der Waals surface area contributed by atoms with Crippen LogP contribution in [0.2, 0.25) is 0 Å². The molecule has 49 heavy (non-hydrogen) atoms. The summed E-state index contributed by atoms with van der Waals surface area (Å²) < 4.78 is 4.73. The molecular formula is C45H30N4. The molecule has 0 amide bonds. The van der Waals surface area contributed by atoms with Crippen LogP contribution in [0, 0.1) is 0 Å². The zero-order valence-electron chi connectivity index (χ0n) is 26.6. The van der Waals surface area contributed by atoms with E-state index in [-0.39, 0.29) is 0 Å². The van der Waals surface area contributed by atoms with Gasteiger partial charge in [-0.2, -0.15) is 0 Å². The van der Waals surface area contributed by atoms with E-state index >= 15 is 0 Å². The Morgan fingerprint density at radius 2 is 0.837 bits per heavy atom. The Labute approximate surface area is 283 Å². The molecule has 0 aliphatic rings. The second-order valence-corrected chi connectivity index (χ2v) is 12.5. The molecule has 0 aliphatic heterocycles. The number of nitrogens with zero attached hydrogens (tertiary/aromatic N) is 4. The first-order valence-electron chi connectivity index (χ1n) is 16.6. The van der Waals surface area contributed by atoms with Crippen molar-refractivity contribution >= 4 is 71.6 Å². The van der Waals surface area contributed by atoms with Crippen LogP contribution in [0.5, 0.6) is 0 Å². The zero-order valence-corrected chi connectivity index (χ0v) is 26.6. The monoisotopic (exact) mass is 626 g/mol. The quantitative estimate of drug-likeness (QED) is 0.190. The number of para-hydroxylation sites is 4. The van der Waals surface area contributed by atoms with E-state index in [4.69, 9.17) is 0 Å². The van der Waals surface area contributed by atoms with E-state index in [9.17, 15) is 0 Å². The van der Waals surface area contributed by atoms with Gasteiger partial charge in [0.1, 0.15) is 0 Å². The van der Waals surface area contributed by atoms with Gasteiger partial charge in [0.15, 0.2) is 0 Å². The molecule has 230 valence electrons. The highest BCUT2D eigenvalue weighted by Gasteiger charge is 2.20. The molecule has 0 spiro atoms. The fourth-order valence-electron chi connectivity index (χ4n) is 7.56. The van der Waals surface area contributed by atoms with Crippen molar-refractivity contribution in [1.29, 1.82) is 0 Å². The minimum atomic E-state index is 0.981. The first-order valence-corrected chi connectivity index (χ1v) is 16.6. The second-order valence-electron chi connectivity index (χ2n) is 12.5. The third-order valence-corrected chi connectivity index (χ3v) is 9.70. The van der Waals surface area contributed by atoms with Crippen molar-refractivity contribution in [3.05, 3.63) is 182 Å². The number of anilines is 3. The maximum Gasteiger partial charge on any atom is 0.0703 e. The molecule has 10 rings (SSSR count). The Bertz CT molecular complexity index is 2670. The van der Waals surface area contributed by atoms with Crippen LogP contribution in [0.4, 0.5) is 17.1 Å². The molecule has 0 bridgehead atoms. The van der Waals surface area contributed by atoms with Gasteiger partial charge >= 0.3 is 0 Å². The third kappa shape index (κ3) is 4.35. The number of hydrogen-bond donors (Lipinski definition) is 0. The molecule has 4 heteroatoms. The Hall–Kier alpha value is -6.65. The molecule has 3 aromatic heterocycles. The Morgan fingerprint density at radius 3 is 1.41 bits per heavy atom. The summed E-state index contributed by atoms with van der Waals surface area (Å²) in [6, 6.07) is 63.1. The van der Waals surface area contributed by atoms with Gasteiger partial charge in [0.25, 0.3) is 0 Å². The summed E-state index contributed by atoms with van der Waals surface area (Å²) in [5.41, 5.74) is 11.3. The first kappa shape index (κ1) is 27.5. The van der Waals surface area contributed by atoms with E-state index in [1.54, 1.807) is 0 Å². The lowest BCUT2D eigenvalue weighted by atomic mass is 10.1. The summed E-state index contributed by atoms with van der Waals surface area (Å²) in [4.78, 5) is 7.00. The Morgan fingerprint density at radius 1 is 0.367 bits per heavy atom. The van der Waals surface area contributed by atoms with Crippen LogP contribution in [0.3, 0.4) is 0 Å². The van der Waals surface area contributed by atoms with Crippen molar-refractivity contribution < 1.29 is 0 Å². The van der Waals surface area contributed by atoms with E-state index in [2.05, 4.69) is 189 Å². The molecule has 7 aromatic carbocycles. The molecule has 0 radical (unpaired) electrons. The molecule has 10 aromatic rings. The van der Waals surface area contributed by atoms with E-state index in [0.29, 0.717) is 0 Å². The number of benzene rings is 7. The number of aromatic nitrogens is 3. The van der Waals surface area contributed by atoms with E-state index in [0.717, 1.165) is 39.3 Å². The Kier molecular flexibility index (Phi) is 6.15. The molecule has 0 aliphatic carbocycles. The van der Waals surface area contributed by atoms with E-state index in [1.165, 1.54) is 43.6 Å². The molecule has 0 fully saturated rings. The van der Waals surface area contributed by atoms with Gasteiger partial charge in [0, 0.05) is 61.6 Å². The summed E-state index contributed by atoms with van der Waals surface area (Å²) in [6.07, 6.45) is 1.85. The van der Waals surface area contributed by atoms with Crippen LogP contribution < -0.4 is 4.90 Å². The largest absolute Gasteiger partial charge is 0.310 e. The maximum absolute atomic E-state index is 4.62. The highest BCUT2D eigenvalue weighted by Crippen LogP contribution is 2.42. The lowest BCUT2D eigenvalue weighted by Crippen LogP contribution is -2.10. The molecule has 0 unspecified atom stereocenters. The van der Waals surface area contributed by atoms with Crippen molar-refractivity contribution in [2.24, 2.45) is 0 Å². The van der Waals surface area contributed by atoms with Crippen LogP contribution in [0.25, 0.3) is 65.9 Å². The summed E-state index contributed by atoms with van der Waals surface area (Å²) in [6.45, 7) is 0. The highest BCUT2D eigenvalue weighted by molar-refractivity contribution is 6.12. The predicted octanol–water partition coefficient (Wildman–Crippen LogP) is 11.9. The van der Waals surface area contributed by atoms with Crippen molar-refractivity contribution in [3.8, 4) is 11.4 Å². The van der Waals surface area contributed by atoms with Crippen molar-refractivity contribution in [2.45, 2.75) is 0 Å². The molecule has 0 atom stereocenters. The van der Waals surface area contributed by atoms with Crippen molar-refractivity contribution in [1.82, 2.24) is 14.1 Å². The normalized spacial score (nSPS) is 11.7. The maximum atomic E-state index is 4.62. The van der Waals surface area contributed by atoms with Gasteiger partial charge in [0.2, 0.25) is 0 Å². The van der Waals surface area contributed by atoms with Crippen LogP contribution in [0.1, 0.15) is 0 Å². The van der Waals surface area contributed by atoms with Gasteiger partial charge in [-0.3, -0.25) is 4.98 Å². The summed E-state index contributed by atoms with van der Waals surface area (Å²) in [7, 11) is 0. The predicted molar refractivity (Wildman–Crippen MR) is 205 cm³/mol. The lowest BCUT2D eigenvalue weighted by Gasteiger charge is -2.26. The molecular weight excluding hydrogens is 597 g/mol. The van der Waals surface area contributed by atoms with Crippen LogP contribution in [-0.4, -0.2) is 14.1 Å². The standard InChI is InChI=1S/C45H30N4/c1-3-13-32(14-4-1)48-42-19-9-7-17-37(42)39-29-35(22-25-44(39)48)47(34-21-24-41-31(28-34)12-11-27-46-41)36-23-26-45-40(30-36)38-18-8-10-20-43(38)49(45)33-15-5-2-6-16-33/h1-30H. The lowest BCUT2D eigenvalue weighted by molar-refractivity contribution is 1.18. The molecule has 0 N–H and O–H groups in total. The Balaban J connectivity index is 1.23. The van der Waals surface area contributed by atoms with Crippen LogP contribution in [0.15, 0.2) is 182 Å².